The van der Waals surface area contributed by atoms with Gasteiger partial charge in [-0.2, -0.15) is 0 Å². The lowest BCUT2D eigenvalue weighted by Crippen LogP contribution is -1.86. The summed E-state index contributed by atoms with van der Waals surface area (Å²) in [5.74, 6) is -0.434. The van der Waals surface area contributed by atoms with Crippen molar-refractivity contribution < 1.29 is 14.0 Å². The summed E-state index contributed by atoms with van der Waals surface area (Å²) in [6.45, 7) is 0. The number of benzene rings is 1. The van der Waals surface area contributed by atoms with Crippen LogP contribution in [0.4, 0.5) is 0 Å². The molecule has 1 N–H and O–H groups in total. The molecule has 1 heterocycles. The Morgan fingerprint density at radius 2 is 2.43 bits per heavy atom. The van der Waals surface area contributed by atoms with Gasteiger partial charge in [0.2, 0.25) is 0 Å². The van der Waals surface area contributed by atoms with Gasteiger partial charge in [0.1, 0.15) is 0 Å². The van der Waals surface area contributed by atoms with Crippen LogP contribution in [0, 0.1) is 0 Å². The normalized spacial score (nSPS) is 14.5. The second kappa shape index (κ2) is 3.35. The maximum atomic E-state index is 9.60. The largest absolute Gasteiger partial charge is 0.504 e. The predicted octanol–water partition coefficient (Wildman–Crippen LogP) is 2.60. The van der Waals surface area contributed by atoms with E-state index in [1.165, 1.54) is 18.3 Å². The summed E-state index contributed by atoms with van der Waals surface area (Å²) < 4.78 is 25.6. The molecule has 4 heteroatoms. The Morgan fingerprint density at radius 1 is 1.57 bits per heavy atom. The van der Waals surface area contributed by atoms with Gasteiger partial charge in [0, 0.05) is 17.6 Å². The quantitative estimate of drug-likeness (QED) is 0.790. The van der Waals surface area contributed by atoms with Crippen LogP contribution >= 0.6 is 11.6 Å². The standard InChI is InChI=1S/C10H8ClNO2/c1-14-10-4-6-7(11)2-3-12-8(6)5-9(10)13/h2-5,13H,1H3/i1D3. The minimum atomic E-state index is -2.63. The van der Waals surface area contributed by atoms with E-state index < -0.39 is 7.04 Å². The summed E-state index contributed by atoms with van der Waals surface area (Å²) >= 11 is 5.93. The highest BCUT2D eigenvalue weighted by Gasteiger charge is 2.06. The first kappa shape index (κ1) is 6.09. The fraction of sp³-hybridized carbons (Fsp3) is 0.100. The number of phenolic OH excluding ortho intramolecular Hbond substituents is 1. The van der Waals surface area contributed by atoms with Gasteiger partial charge in [-0.25, -0.2) is 0 Å². The molecule has 0 amide bonds. The van der Waals surface area contributed by atoms with Gasteiger partial charge in [0.05, 0.1) is 21.7 Å². The van der Waals surface area contributed by atoms with E-state index in [2.05, 4.69) is 9.72 Å². The van der Waals surface area contributed by atoms with E-state index in [0.29, 0.717) is 15.9 Å². The summed E-state index contributed by atoms with van der Waals surface area (Å²) in [4.78, 5) is 4.00. The second-order valence-corrected chi connectivity index (χ2v) is 3.14. The molecule has 0 spiro atoms. The molecule has 72 valence electrons. The van der Waals surface area contributed by atoms with Gasteiger partial charge in [-0.3, -0.25) is 4.98 Å². The highest BCUT2D eigenvalue weighted by atomic mass is 35.5. The number of aromatic hydroxyl groups is 1. The van der Waals surface area contributed by atoms with Crippen LogP contribution < -0.4 is 4.74 Å². The molecule has 2 rings (SSSR count). The predicted molar refractivity (Wildman–Crippen MR) is 55.0 cm³/mol. The number of hydrogen-bond acceptors (Lipinski definition) is 3. The number of nitrogens with zero attached hydrogens (tertiary/aromatic N) is 1. The van der Waals surface area contributed by atoms with Gasteiger partial charge in [0.25, 0.3) is 0 Å². The molecule has 0 aliphatic rings. The number of phenols is 1. The van der Waals surface area contributed by atoms with E-state index in [1.54, 1.807) is 6.07 Å². The zero-order valence-corrected chi connectivity index (χ0v) is 7.75. The lowest BCUT2D eigenvalue weighted by molar-refractivity contribution is 0.374. The first-order chi connectivity index (χ1) is 7.87. The molecule has 0 saturated carbocycles. The third kappa shape index (κ3) is 1.36. The number of rotatable bonds is 1. The van der Waals surface area contributed by atoms with Gasteiger partial charge in [0.15, 0.2) is 11.5 Å². The van der Waals surface area contributed by atoms with E-state index in [9.17, 15) is 5.11 Å². The monoisotopic (exact) mass is 212 g/mol. The smallest absolute Gasteiger partial charge is 0.161 e. The Kier molecular flexibility index (Phi) is 1.46. The lowest BCUT2D eigenvalue weighted by Gasteiger charge is -2.05. The van der Waals surface area contributed by atoms with Gasteiger partial charge in [-0.1, -0.05) is 11.6 Å². The lowest BCUT2D eigenvalue weighted by atomic mass is 10.2. The molecule has 0 bridgehead atoms. The summed E-state index contributed by atoms with van der Waals surface area (Å²) in [6, 6.07) is 4.23. The van der Waals surface area contributed by atoms with Crippen molar-refractivity contribution in [2.24, 2.45) is 0 Å². The Balaban J connectivity index is 2.58. The molecular weight excluding hydrogens is 202 g/mol. The van der Waals surface area contributed by atoms with Crippen molar-refractivity contribution in [3.63, 3.8) is 0 Å². The third-order valence-corrected chi connectivity index (χ3v) is 2.21. The summed E-state index contributed by atoms with van der Waals surface area (Å²) in [5.41, 5.74) is 0.466. The third-order valence-electron chi connectivity index (χ3n) is 1.88. The Bertz CT molecular complexity index is 571. The Labute approximate surface area is 90.1 Å². The zero-order valence-electron chi connectivity index (χ0n) is 9.99. The van der Waals surface area contributed by atoms with Crippen molar-refractivity contribution in [1.29, 1.82) is 0 Å². The maximum absolute atomic E-state index is 9.60. The van der Waals surface area contributed by atoms with Crippen molar-refractivity contribution in [2.75, 3.05) is 7.04 Å². The van der Waals surface area contributed by atoms with Crippen LogP contribution in [-0.4, -0.2) is 17.1 Å². The number of halogens is 1. The van der Waals surface area contributed by atoms with Crippen LogP contribution in [-0.2, 0) is 0 Å². The van der Waals surface area contributed by atoms with Crippen LogP contribution in [0.1, 0.15) is 4.11 Å². The number of hydrogen-bond donors (Lipinski definition) is 1. The highest BCUT2D eigenvalue weighted by molar-refractivity contribution is 6.35. The average Bonchev–Trinajstić information content (AvgIpc) is 2.18. The van der Waals surface area contributed by atoms with Crippen LogP contribution in [0.3, 0.4) is 0 Å². The SMILES string of the molecule is [2H]C([2H])([2H])Oc1cc2c(Cl)ccnc2cc1O. The van der Waals surface area contributed by atoms with Gasteiger partial charge in [-0.05, 0) is 12.1 Å². The maximum Gasteiger partial charge on any atom is 0.161 e. The number of methoxy groups -OCH3 is 1. The molecule has 0 saturated heterocycles. The van der Waals surface area contributed by atoms with Crippen molar-refractivity contribution in [3.8, 4) is 11.5 Å². The molecule has 0 unspecified atom stereocenters. The van der Waals surface area contributed by atoms with E-state index in [4.69, 9.17) is 15.7 Å². The molecule has 0 fully saturated rings. The average molecular weight is 213 g/mol. The van der Waals surface area contributed by atoms with Crippen LogP contribution in [0.25, 0.3) is 10.9 Å². The molecule has 0 radical (unpaired) electrons. The van der Waals surface area contributed by atoms with Crippen molar-refractivity contribution in [1.82, 2.24) is 4.98 Å². The minimum absolute atomic E-state index is 0.146. The number of ether oxygens (including phenoxy) is 1. The summed E-state index contributed by atoms with van der Waals surface area (Å²) in [7, 11) is -2.63. The van der Waals surface area contributed by atoms with Crippen molar-refractivity contribution in [2.45, 2.75) is 0 Å². The topological polar surface area (TPSA) is 42.4 Å². The van der Waals surface area contributed by atoms with Crippen LogP contribution in [0.15, 0.2) is 24.4 Å². The van der Waals surface area contributed by atoms with Crippen molar-refractivity contribution in [3.05, 3.63) is 29.4 Å². The van der Waals surface area contributed by atoms with Crippen molar-refractivity contribution >= 4 is 22.5 Å². The highest BCUT2D eigenvalue weighted by Crippen LogP contribution is 2.33. The summed E-state index contributed by atoms with van der Waals surface area (Å²) in [5, 5.41) is 10.5. The summed E-state index contributed by atoms with van der Waals surface area (Å²) in [6.07, 6.45) is 1.49. The molecule has 2 aromatic rings. The second-order valence-electron chi connectivity index (χ2n) is 2.73. The Hall–Kier alpha value is -1.48. The van der Waals surface area contributed by atoms with E-state index >= 15 is 0 Å². The molecule has 3 nitrogen and oxygen atoms in total. The Morgan fingerprint density at radius 3 is 3.21 bits per heavy atom. The molecular formula is C10H8ClNO2. The van der Waals surface area contributed by atoms with Gasteiger partial charge in [-0.15, -0.1) is 0 Å². The molecule has 0 aliphatic heterocycles. The molecule has 0 atom stereocenters. The molecule has 0 aliphatic carbocycles. The first-order valence-corrected chi connectivity index (χ1v) is 4.21. The van der Waals surface area contributed by atoms with Crippen LogP contribution in [0.2, 0.25) is 5.02 Å². The van der Waals surface area contributed by atoms with E-state index in [-0.39, 0.29) is 11.5 Å². The number of fused-ring (bicyclic) bond motifs is 1. The zero-order chi connectivity index (χ0) is 12.6. The van der Waals surface area contributed by atoms with E-state index in [1.807, 2.05) is 0 Å². The van der Waals surface area contributed by atoms with Gasteiger partial charge >= 0.3 is 0 Å². The fourth-order valence-electron chi connectivity index (χ4n) is 1.21. The van der Waals surface area contributed by atoms with Crippen LogP contribution in [0.5, 0.6) is 11.5 Å². The molecule has 14 heavy (non-hydrogen) atoms. The molecule has 1 aromatic heterocycles. The molecule has 1 aromatic carbocycles. The number of pyridine rings is 1. The van der Waals surface area contributed by atoms with Gasteiger partial charge < -0.3 is 9.84 Å². The van der Waals surface area contributed by atoms with E-state index in [0.717, 1.165) is 0 Å². The fourth-order valence-corrected chi connectivity index (χ4v) is 1.42. The minimum Gasteiger partial charge on any atom is -0.504 e. The number of aromatic nitrogens is 1. The first-order valence-electron chi connectivity index (χ1n) is 5.33.